The van der Waals surface area contributed by atoms with E-state index in [1.54, 1.807) is 0 Å². The maximum absolute atomic E-state index is 10.8. The van der Waals surface area contributed by atoms with Crippen molar-refractivity contribution >= 4 is 28.1 Å². The number of nitrogens with one attached hydrogen (secondary N) is 2. The molecule has 226 valence electrons. The summed E-state index contributed by atoms with van der Waals surface area (Å²) in [5.74, 6) is -0.0232. The summed E-state index contributed by atoms with van der Waals surface area (Å²) in [7, 11) is 1.99. The molecule has 2 unspecified atom stereocenters. The van der Waals surface area contributed by atoms with Gasteiger partial charge in [-0.3, -0.25) is 4.79 Å². The Balaban J connectivity index is 0.000000592. The molecule has 0 saturated heterocycles. The summed E-state index contributed by atoms with van der Waals surface area (Å²) in [5.41, 5.74) is 4.98. The first-order valence-corrected chi connectivity index (χ1v) is 22.1. The number of esters is 1. The average Bonchev–Trinajstić information content (AvgIpc) is 3.02. The topological polar surface area (TPSA) is 62.7 Å². The first-order valence-electron chi connectivity index (χ1n) is 16.1. The molecule has 0 spiro atoms. The molecule has 3 aromatic carbocycles. The second-order valence-electron chi connectivity index (χ2n) is 11.0. The summed E-state index contributed by atoms with van der Waals surface area (Å²) in [6.07, 6.45) is 8.24. The van der Waals surface area contributed by atoms with Crippen LogP contribution in [0.2, 0.25) is 3.43 Å². The standard InChI is InChI=1S/C22H24N3.C7H14O2.C7H15.Hg/c1-3-9-21(25-22(24-2)16-10-5-4-6-11-16)19-14-15-20(23)18-13-8-7-12-17(18)19;1-4-6(3)7(8)9-5-2;1-3-5-7-6-4-2;/h4-8,10-15,22-24H,3,9H2,1-2H3;6H,4-5H2,1-3H3;7H,3-6H2,1-2H3;/q-1;;;+1/b25-21+;;;. The molecule has 0 bridgehead atoms. The Morgan fingerprint density at radius 3 is 2.07 bits per heavy atom. The Labute approximate surface area is 268 Å². The molecule has 0 fully saturated rings. The fourth-order valence-corrected chi connectivity index (χ4v) is 13.1. The largest absolute Gasteiger partial charge is 0.466 e. The second-order valence-corrected chi connectivity index (χ2v) is 18.5. The van der Waals surface area contributed by atoms with Gasteiger partial charge in [0, 0.05) is 0 Å². The van der Waals surface area contributed by atoms with E-state index < -0.39 is 24.9 Å². The summed E-state index contributed by atoms with van der Waals surface area (Å²) < 4.78 is 9.72. The molecular weight excluding hydrogens is 707 g/mol. The molecule has 0 aromatic heterocycles. The van der Waals surface area contributed by atoms with Crippen molar-refractivity contribution < 1.29 is 34.4 Å². The predicted molar refractivity (Wildman–Crippen MR) is 177 cm³/mol. The van der Waals surface area contributed by atoms with Gasteiger partial charge in [0.2, 0.25) is 0 Å². The molecule has 5 nitrogen and oxygen atoms in total. The summed E-state index contributed by atoms with van der Waals surface area (Å²) in [5, 5.41) is 6.05. The quantitative estimate of drug-likeness (QED) is 0.0868. The normalized spacial score (nSPS) is 12.7. The summed E-state index contributed by atoms with van der Waals surface area (Å²) >= 11 is -1.22. The van der Waals surface area contributed by atoms with E-state index in [9.17, 15) is 4.79 Å². The molecule has 3 aromatic rings. The number of anilines is 1. The number of carbonyl (C=O) groups excluding carboxylic acids is 1. The molecule has 42 heavy (non-hydrogen) atoms. The molecular formula is C36H53HgN3O2. The molecule has 0 heterocycles. The van der Waals surface area contributed by atoms with Crippen molar-refractivity contribution in [2.75, 3.05) is 16.7 Å². The van der Waals surface area contributed by atoms with Crippen LogP contribution in [0, 0.1) is 5.92 Å². The van der Waals surface area contributed by atoms with Crippen LogP contribution in [-0.4, -0.2) is 25.3 Å². The van der Waals surface area contributed by atoms with Gasteiger partial charge in [-0.2, -0.15) is 0 Å². The fraction of sp³-hybridized carbons (Fsp3) is 0.500. The van der Waals surface area contributed by atoms with Gasteiger partial charge >= 0.3 is 220 Å². The van der Waals surface area contributed by atoms with Gasteiger partial charge in [0.1, 0.15) is 0 Å². The van der Waals surface area contributed by atoms with E-state index in [-0.39, 0.29) is 18.1 Å². The van der Waals surface area contributed by atoms with E-state index in [1.807, 2.05) is 27.8 Å². The third-order valence-electron chi connectivity index (χ3n) is 7.67. The zero-order valence-electron chi connectivity index (χ0n) is 27.2. The van der Waals surface area contributed by atoms with Gasteiger partial charge in [-0.05, 0) is 13.3 Å². The number of hydrogen-bond acceptors (Lipinski definition) is 5. The average molecular weight is 760 g/mol. The van der Waals surface area contributed by atoms with Crippen molar-refractivity contribution in [2.45, 2.75) is 96.1 Å². The van der Waals surface area contributed by atoms with Crippen LogP contribution < -0.4 is 8.40 Å². The van der Waals surface area contributed by atoms with Crippen molar-refractivity contribution in [3.8, 4) is 0 Å². The Morgan fingerprint density at radius 1 is 0.857 bits per heavy atom. The van der Waals surface area contributed by atoms with Crippen LogP contribution in [0.1, 0.15) is 104 Å². The van der Waals surface area contributed by atoms with Crippen molar-refractivity contribution in [3.63, 3.8) is 0 Å². The molecule has 0 aliphatic rings. The van der Waals surface area contributed by atoms with Crippen LogP contribution in [0.4, 0.5) is 5.69 Å². The van der Waals surface area contributed by atoms with Gasteiger partial charge < -0.3 is 4.74 Å². The minimum Gasteiger partial charge on any atom is -0.466 e. The summed E-state index contributed by atoms with van der Waals surface area (Å²) in [6.45, 7) is 13.0. The van der Waals surface area contributed by atoms with Crippen molar-refractivity contribution in [2.24, 2.45) is 10.9 Å². The molecule has 2 atom stereocenters. The van der Waals surface area contributed by atoms with Gasteiger partial charge in [-0.15, -0.1) is 0 Å². The van der Waals surface area contributed by atoms with Crippen LogP contribution in [0.5, 0.6) is 0 Å². The molecule has 0 aliphatic carbocycles. The molecule has 0 aliphatic heterocycles. The molecule has 3 rings (SSSR count). The number of ether oxygens (including phenoxy) is 1. The summed E-state index contributed by atoms with van der Waals surface area (Å²) in [4.78, 5) is 16.0. The van der Waals surface area contributed by atoms with E-state index in [2.05, 4.69) is 95.9 Å². The fourth-order valence-electron chi connectivity index (χ4n) is 5.18. The van der Waals surface area contributed by atoms with E-state index in [4.69, 9.17) is 9.73 Å². The Bertz CT molecular complexity index is 1210. The van der Waals surface area contributed by atoms with Crippen LogP contribution in [0.15, 0.2) is 71.7 Å². The first-order chi connectivity index (χ1) is 20.4. The maximum atomic E-state index is 10.8. The third-order valence-corrected chi connectivity index (χ3v) is 15.4. The van der Waals surface area contributed by atoms with Gasteiger partial charge in [-0.25, -0.2) is 0 Å². The van der Waals surface area contributed by atoms with Gasteiger partial charge in [0.25, 0.3) is 0 Å². The number of carbonyl (C=O) groups is 1. The number of fused-ring (bicyclic) bond motifs is 1. The molecule has 0 amide bonds. The number of aliphatic imine (C=N–C) groups is 1. The zero-order chi connectivity index (χ0) is 30.7. The Hall–Kier alpha value is -2.24. The smallest absolute Gasteiger partial charge is 0.308 e. The minimum atomic E-state index is -1.22. The van der Waals surface area contributed by atoms with E-state index >= 15 is 0 Å². The number of rotatable bonds is 16. The Kier molecular flexibility index (Phi) is 17.7. The molecule has 0 saturated carbocycles. The first kappa shape index (κ1) is 35.9. The number of benzene rings is 3. The van der Waals surface area contributed by atoms with Gasteiger partial charge in [0.05, 0.1) is 12.5 Å². The third kappa shape index (κ3) is 11.4. The molecule has 6 heteroatoms. The number of hydrogen-bond donors (Lipinski definition) is 2. The Morgan fingerprint density at radius 2 is 1.50 bits per heavy atom. The van der Waals surface area contributed by atoms with Crippen LogP contribution in [-0.2, 0) is 34.4 Å². The van der Waals surface area contributed by atoms with Crippen molar-refractivity contribution in [1.29, 1.82) is 0 Å². The van der Waals surface area contributed by atoms with Crippen molar-refractivity contribution in [3.05, 3.63) is 77.9 Å². The SMILES string of the molecule is CCC/C(=N\C(NC)c1ccccc1)c1ccc([NH][Hg][CH](CCC)CCC)c2ccccc12.CCOC(=O)C(C)CC. The van der Waals surface area contributed by atoms with Gasteiger partial charge in [0.15, 0.2) is 0 Å². The minimum absolute atomic E-state index is 0.0370. The zero-order valence-corrected chi connectivity index (χ0v) is 32.7. The maximum Gasteiger partial charge on any atom is 0.308 e. The van der Waals surface area contributed by atoms with Crippen LogP contribution in [0.3, 0.4) is 0 Å². The van der Waals surface area contributed by atoms with Crippen molar-refractivity contribution in [1.82, 2.24) is 5.32 Å². The van der Waals surface area contributed by atoms with E-state index in [0.717, 1.165) is 22.7 Å². The van der Waals surface area contributed by atoms with E-state index in [1.165, 1.54) is 59.0 Å². The second kappa shape index (κ2) is 20.6. The van der Waals surface area contributed by atoms with Crippen LogP contribution in [0.25, 0.3) is 10.8 Å². The van der Waals surface area contributed by atoms with E-state index in [0.29, 0.717) is 6.61 Å². The predicted octanol–water partition coefficient (Wildman–Crippen LogP) is 9.74. The number of nitrogens with zero attached hydrogens (tertiary/aromatic N) is 1. The van der Waals surface area contributed by atoms with Crippen LogP contribution >= 0.6 is 0 Å². The monoisotopic (exact) mass is 761 g/mol. The molecule has 0 radical (unpaired) electrons. The van der Waals surface area contributed by atoms with Gasteiger partial charge in [-0.1, -0.05) is 13.8 Å². The molecule has 2 N–H and O–H groups in total. The summed E-state index contributed by atoms with van der Waals surface area (Å²) in [6, 6.07) is 24.0.